The van der Waals surface area contributed by atoms with Gasteiger partial charge in [-0.2, -0.15) is 0 Å². The van der Waals surface area contributed by atoms with Crippen LogP contribution in [-0.2, 0) is 13.0 Å². The molecule has 1 saturated carbocycles. The van der Waals surface area contributed by atoms with Crippen LogP contribution in [0.1, 0.15) is 31.2 Å². The normalized spacial score (nSPS) is 15.7. The molecule has 0 aliphatic heterocycles. The average Bonchev–Trinajstić information content (AvgIpc) is 3.07. The number of fused-ring (bicyclic) bond motifs is 1. The van der Waals surface area contributed by atoms with Gasteiger partial charge in [0, 0.05) is 35.0 Å². The lowest BCUT2D eigenvalue weighted by atomic mass is 10.1. The molecule has 1 fully saturated rings. The summed E-state index contributed by atoms with van der Waals surface area (Å²) in [5.74, 6) is 0.330. The van der Waals surface area contributed by atoms with Crippen molar-refractivity contribution in [3.8, 4) is 0 Å². The number of halogens is 2. The second kappa shape index (κ2) is 6.36. The van der Waals surface area contributed by atoms with Crippen LogP contribution in [0.25, 0.3) is 10.9 Å². The molecule has 0 saturated heterocycles. The molecule has 22 heavy (non-hydrogen) atoms. The van der Waals surface area contributed by atoms with Crippen molar-refractivity contribution in [2.75, 3.05) is 6.54 Å². The fraction of sp³-hybridized carbons (Fsp3) is 0.500. The maximum Gasteiger partial charge on any atom is 0.207 e. The molecule has 0 bridgehead atoms. The Hall–Kier alpha value is -1.43. The molecule has 0 spiro atoms. The minimum absolute atomic E-state index is 0.125. The average molecular weight is 369 g/mol. The largest absolute Gasteiger partial charge is 0.347 e. The van der Waals surface area contributed by atoms with Crippen molar-refractivity contribution in [3.63, 3.8) is 0 Å². The van der Waals surface area contributed by atoms with Crippen LogP contribution in [0.15, 0.2) is 22.8 Å². The minimum Gasteiger partial charge on any atom is -0.347 e. The topological polar surface area (TPSA) is 48.1 Å². The van der Waals surface area contributed by atoms with E-state index in [4.69, 9.17) is 0 Å². The van der Waals surface area contributed by atoms with Crippen LogP contribution in [0.5, 0.6) is 0 Å². The van der Waals surface area contributed by atoms with E-state index >= 15 is 0 Å². The molecule has 1 aromatic heterocycles. The van der Waals surface area contributed by atoms with Crippen molar-refractivity contribution in [2.45, 2.75) is 38.6 Å². The Labute approximate surface area is 136 Å². The Morgan fingerprint density at radius 1 is 1.36 bits per heavy atom. The zero-order valence-electron chi connectivity index (χ0n) is 12.2. The van der Waals surface area contributed by atoms with Crippen LogP contribution in [-0.4, -0.2) is 16.0 Å². The number of aromatic nitrogens is 1. The summed E-state index contributed by atoms with van der Waals surface area (Å²) in [5, 5.41) is 11.4. The summed E-state index contributed by atoms with van der Waals surface area (Å²) in [7, 11) is 0. The quantitative estimate of drug-likeness (QED) is 0.573. The Morgan fingerprint density at radius 2 is 2.09 bits per heavy atom. The van der Waals surface area contributed by atoms with E-state index < -0.39 is 0 Å². The van der Waals surface area contributed by atoms with Gasteiger partial charge in [0.05, 0.1) is 4.47 Å². The molecule has 6 heteroatoms. The second-order valence-corrected chi connectivity index (χ2v) is 6.90. The molecule has 1 aliphatic carbocycles. The lowest BCUT2D eigenvalue weighted by Crippen LogP contribution is -2.06. The van der Waals surface area contributed by atoms with Crippen molar-refractivity contribution < 1.29 is 9.31 Å². The van der Waals surface area contributed by atoms with E-state index in [0.717, 1.165) is 23.0 Å². The van der Waals surface area contributed by atoms with Gasteiger partial charge in [-0.25, -0.2) is 4.39 Å². The lowest BCUT2D eigenvalue weighted by molar-refractivity contribution is -0.479. The molecule has 0 radical (unpaired) electrons. The summed E-state index contributed by atoms with van der Waals surface area (Å²) in [5.41, 5.74) is 1.81. The Kier molecular flexibility index (Phi) is 4.47. The fourth-order valence-corrected chi connectivity index (χ4v) is 3.72. The van der Waals surface area contributed by atoms with Gasteiger partial charge in [-0.15, -0.1) is 0 Å². The maximum absolute atomic E-state index is 13.9. The van der Waals surface area contributed by atoms with Gasteiger partial charge in [0.15, 0.2) is 0 Å². The summed E-state index contributed by atoms with van der Waals surface area (Å²) in [4.78, 5) is 10.3. The van der Waals surface area contributed by atoms with Gasteiger partial charge < -0.3 is 4.57 Å². The third kappa shape index (κ3) is 3.16. The van der Waals surface area contributed by atoms with Crippen LogP contribution in [0.2, 0.25) is 0 Å². The Bertz CT molecular complexity index is 708. The minimum atomic E-state index is -0.325. The summed E-state index contributed by atoms with van der Waals surface area (Å²) in [6, 6.07) is 3.27. The molecule has 118 valence electrons. The molecule has 3 rings (SSSR count). The van der Waals surface area contributed by atoms with Crippen molar-refractivity contribution in [3.05, 3.63) is 44.3 Å². The van der Waals surface area contributed by atoms with E-state index in [-0.39, 0.29) is 17.3 Å². The van der Waals surface area contributed by atoms with Crippen LogP contribution < -0.4 is 0 Å². The fourth-order valence-electron chi connectivity index (χ4n) is 3.39. The summed E-state index contributed by atoms with van der Waals surface area (Å²) in [6.45, 7) is 0.785. The number of nitrogens with zero attached hydrogens (tertiary/aromatic N) is 2. The van der Waals surface area contributed by atoms with E-state index in [2.05, 4.69) is 20.5 Å². The molecule has 1 aliphatic rings. The van der Waals surface area contributed by atoms with E-state index in [1.54, 1.807) is 6.07 Å². The van der Waals surface area contributed by atoms with Gasteiger partial charge >= 0.3 is 0 Å². The van der Waals surface area contributed by atoms with Crippen molar-refractivity contribution >= 4 is 26.8 Å². The smallest absolute Gasteiger partial charge is 0.207 e. The highest BCUT2D eigenvalue weighted by molar-refractivity contribution is 9.10. The molecule has 0 amide bonds. The van der Waals surface area contributed by atoms with Crippen molar-refractivity contribution in [1.29, 1.82) is 0 Å². The first-order valence-electron chi connectivity index (χ1n) is 7.63. The summed E-state index contributed by atoms with van der Waals surface area (Å²) >= 11 is 3.24. The van der Waals surface area contributed by atoms with Crippen molar-refractivity contribution in [1.82, 2.24) is 4.57 Å². The van der Waals surface area contributed by atoms with Crippen LogP contribution in [0, 0.1) is 21.8 Å². The van der Waals surface area contributed by atoms with Gasteiger partial charge in [0.1, 0.15) is 5.82 Å². The third-order valence-corrected chi connectivity index (χ3v) is 5.11. The highest BCUT2D eigenvalue weighted by Gasteiger charge is 2.19. The highest BCUT2D eigenvalue weighted by Crippen LogP contribution is 2.31. The standard InChI is InChI=1S/C16H18BrFN2O2/c17-14-8-16-13(7-15(14)18)12(5-6-20(21)22)10-19(16)9-11-3-1-2-4-11/h7-8,10-11H,1-6,9H2. The monoisotopic (exact) mass is 368 g/mol. The predicted octanol–water partition coefficient (Wildman–Crippen LogP) is 4.55. The molecule has 0 N–H and O–H groups in total. The zero-order valence-corrected chi connectivity index (χ0v) is 13.8. The third-order valence-electron chi connectivity index (χ3n) is 4.50. The number of hydrogen-bond donors (Lipinski definition) is 0. The van der Waals surface area contributed by atoms with Gasteiger partial charge in [-0.05, 0) is 52.4 Å². The predicted molar refractivity (Wildman–Crippen MR) is 87.1 cm³/mol. The molecule has 2 aromatic rings. The number of nitro groups is 1. The molecule has 4 nitrogen and oxygen atoms in total. The first kappa shape index (κ1) is 15.5. The van der Waals surface area contributed by atoms with E-state index in [1.807, 2.05) is 6.20 Å². The Balaban J connectivity index is 1.98. The van der Waals surface area contributed by atoms with Crippen LogP contribution >= 0.6 is 15.9 Å². The molecular weight excluding hydrogens is 351 g/mol. The molecule has 0 atom stereocenters. The van der Waals surface area contributed by atoms with Crippen molar-refractivity contribution in [2.24, 2.45) is 5.92 Å². The number of hydrogen-bond acceptors (Lipinski definition) is 2. The number of rotatable bonds is 5. The lowest BCUT2D eigenvalue weighted by Gasteiger charge is -2.11. The first-order chi connectivity index (χ1) is 10.5. The van der Waals surface area contributed by atoms with E-state index in [0.29, 0.717) is 16.8 Å². The Morgan fingerprint density at radius 3 is 2.77 bits per heavy atom. The zero-order chi connectivity index (χ0) is 15.7. The molecular formula is C16H18BrFN2O2. The SMILES string of the molecule is O=[N+]([O-])CCc1cn(CC2CCCC2)c2cc(Br)c(F)cc12. The maximum atomic E-state index is 13.9. The second-order valence-electron chi connectivity index (χ2n) is 6.05. The number of benzene rings is 1. The van der Waals surface area contributed by atoms with Gasteiger partial charge in [0.25, 0.3) is 0 Å². The molecule has 1 heterocycles. The molecule has 1 aromatic carbocycles. The highest BCUT2D eigenvalue weighted by atomic mass is 79.9. The van der Waals surface area contributed by atoms with Crippen LogP contribution in [0.4, 0.5) is 4.39 Å². The van der Waals surface area contributed by atoms with Gasteiger partial charge in [-0.1, -0.05) is 12.8 Å². The van der Waals surface area contributed by atoms with E-state index in [1.165, 1.54) is 31.7 Å². The van der Waals surface area contributed by atoms with Gasteiger partial charge in [-0.3, -0.25) is 10.1 Å². The molecule has 0 unspecified atom stereocenters. The summed E-state index contributed by atoms with van der Waals surface area (Å²) < 4.78 is 16.4. The first-order valence-corrected chi connectivity index (χ1v) is 8.42. The van der Waals surface area contributed by atoms with E-state index in [9.17, 15) is 14.5 Å². The summed E-state index contributed by atoms with van der Waals surface area (Å²) in [6.07, 6.45) is 7.31. The van der Waals surface area contributed by atoms with Gasteiger partial charge in [0.2, 0.25) is 6.54 Å². The van der Waals surface area contributed by atoms with Crippen LogP contribution in [0.3, 0.4) is 0 Å².